The Kier molecular flexibility index (Phi) is 5.19. The largest absolute Gasteiger partial charge is 0.330 e. The number of benzene rings is 2. The Morgan fingerprint density at radius 1 is 0.905 bits per heavy atom. The molecule has 0 bridgehead atoms. The van der Waals surface area contributed by atoms with Crippen molar-refractivity contribution in [2.45, 2.75) is 33.6 Å². The summed E-state index contributed by atoms with van der Waals surface area (Å²) in [7, 11) is 0. The molecule has 21 heavy (non-hydrogen) atoms. The molecule has 0 aromatic heterocycles. The standard InChI is InChI=1S/C20H27N/c1-4-20(2,3)19(15-21)14-16-10-12-18(13-11-16)17-8-6-5-7-9-17/h5-13,19H,4,14-15,21H2,1-3H3/t19-/m0/s1. The highest BCUT2D eigenvalue weighted by Crippen LogP contribution is 2.32. The number of hydrogen-bond donors (Lipinski definition) is 1. The van der Waals surface area contributed by atoms with Crippen molar-refractivity contribution in [3.05, 3.63) is 60.2 Å². The van der Waals surface area contributed by atoms with Gasteiger partial charge in [-0.15, -0.1) is 0 Å². The zero-order chi connectivity index (χ0) is 15.3. The Hall–Kier alpha value is -1.60. The number of hydrogen-bond acceptors (Lipinski definition) is 1. The molecule has 0 unspecified atom stereocenters. The second-order valence-electron chi connectivity index (χ2n) is 6.54. The summed E-state index contributed by atoms with van der Waals surface area (Å²) in [5, 5.41) is 0. The second kappa shape index (κ2) is 6.91. The van der Waals surface area contributed by atoms with Gasteiger partial charge in [0.2, 0.25) is 0 Å². The van der Waals surface area contributed by atoms with E-state index in [2.05, 4.69) is 75.4 Å². The fourth-order valence-electron chi connectivity index (χ4n) is 2.72. The van der Waals surface area contributed by atoms with Crippen molar-refractivity contribution in [1.29, 1.82) is 0 Å². The van der Waals surface area contributed by atoms with Crippen molar-refractivity contribution >= 4 is 0 Å². The van der Waals surface area contributed by atoms with Crippen LogP contribution in [0, 0.1) is 11.3 Å². The van der Waals surface area contributed by atoms with Gasteiger partial charge in [-0.2, -0.15) is 0 Å². The molecule has 112 valence electrons. The van der Waals surface area contributed by atoms with E-state index in [-0.39, 0.29) is 0 Å². The van der Waals surface area contributed by atoms with E-state index in [0.717, 1.165) is 19.4 Å². The van der Waals surface area contributed by atoms with Crippen LogP contribution in [0.25, 0.3) is 11.1 Å². The van der Waals surface area contributed by atoms with E-state index in [9.17, 15) is 0 Å². The van der Waals surface area contributed by atoms with Gasteiger partial charge in [0, 0.05) is 0 Å². The molecule has 0 radical (unpaired) electrons. The summed E-state index contributed by atoms with van der Waals surface area (Å²) in [5.41, 5.74) is 10.2. The molecule has 0 saturated carbocycles. The lowest BCUT2D eigenvalue weighted by molar-refractivity contribution is 0.208. The van der Waals surface area contributed by atoms with Crippen molar-refractivity contribution in [1.82, 2.24) is 0 Å². The summed E-state index contributed by atoms with van der Waals surface area (Å²) >= 11 is 0. The Labute approximate surface area is 129 Å². The van der Waals surface area contributed by atoms with Crippen LogP contribution in [0.1, 0.15) is 32.8 Å². The summed E-state index contributed by atoms with van der Waals surface area (Å²) in [6.07, 6.45) is 2.23. The topological polar surface area (TPSA) is 26.0 Å². The maximum atomic E-state index is 6.00. The lowest BCUT2D eigenvalue weighted by Gasteiger charge is -2.32. The Morgan fingerprint density at radius 3 is 2.00 bits per heavy atom. The molecule has 0 spiro atoms. The normalized spacial score (nSPS) is 13.1. The van der Waals surface area contributed by atoms with E-state index >= 15 is 0 Å². The van der Waals surface area contributed by atoms with Crippen LogP contribution in [0.5, 0.6) is 0 Å². The van der Waals surface area contributed by atoms with E-state index < -0.39 is 0 Å². The fourth-order valence-corrected chi connectivity index (χ4v) is 2.72. The Balaban J connectivity index is 2.12. The lowest BCUT2D eigenvalue weighted by atomic mass is 9.74. The predicted octanol–water partition coefficient (Wildman–Crippen LogP) is 4.91. The molecule has 1 nitrogen and oxygen atoms in total. The zero-order valence-corrected chi connectivity index (χ0v) is 13.5. The molecule has 2 aromatic carbocycles. The van der Waals surface area contributed by atoms with Crippen LogP contribution in [-0.4, -0.2) is 6.54 Å². The lowest BCUT2D eigenvalue weighted by Crippen LogP contribution is -2.31. The molecule has 0 aliphatic heterocycles. The highest BCUT2D eigenvalue weighted by Gasteiger charge is 2.26. The molecular weight excluding hydrogens is 254 g/mol. The first-order chi connectivity index (χ1) is 10.1. The highest BCUT2D eigenvalue weighted by molar-refractivity contribution is 5.63. The summed E-state index contributed by atoms with van der Waals surface area (Å²) in [4.78, 5) is 0. The minimum atomic E-state index is 0.298. The third-order valence-electron chi connectivity index (χ3n) is 4.84. The molecule has 2 rings (SSSR count). The molecule has 0 amide bonds. The average molecular weight is 281 g/mol. The van der Waals surface area contributed by atoms with E-state index in [0.29, 0.717) is 11.3 Å². The number of rotatable bonds is 6. The monoisotopic (exact) mass is 281 g/mol. The minimum Gasteiger partial charge on any atom is -0.330 e. The molecule has 2 aromatic rings. The van der Waals surface area contributed by atoms with Gasteiger partial charge in [0.25, 0.3) is 0 Å². The van der Waals surface area contributed by atoms with Gasteiger partial charge in [-0.1, -0.05) is 81.8 Å². The molecule has 0 aliphatic carbocycles. The molecule has 1 heteroatoms. The van der Waals surface area contributed by atoms with Crippen LogP contribution >= 0.6 is 0 Å². The van der Waals surface area contributed by atoms with Gasteiger partial charge in [-0.25, -0.2) is 0 Å². The highest BCUT2D eigenvalue weighted by atomic mass is 14.6. The second-order valence-corrected chi connectivity index (χ2v) is 6.54. The first-order valence-corrected chi connectivity index (χ1v) is 7.91. The quantitative estimate of drug-likeness (QED) is 0.800. The molecule has 1 atom stereocenters. The first-order valence-electron chi connectivity index (χ1n) is 7.91. The Morgan fingerprint density at radius 2 is 1.48 bits per heavy atom. The van der Waals surface area contributed by atoms with Crippen molar-refractivity contribution in [2.75, 3.05) is 6.54 Å². The fraction of sp³-hybridized carbons (Fsp3) is 0.400. The van der Waals surface area contributed by atoms with Crippen LogP contribution in [0.3, 0.4) is 0 Å². The third-order valence-corrected chi connectivity index (χ3v) is 4.84. The van der Waals surface area contributed by atoms with E-state index in [1.165, 1.54) is 16.7 Å². The van der Waals surface area contributed by atoms with Crippen molar-refractivity contribution < 1.29 is 0 Å². The van der Waals surface area contributed by atoms with Crippen LogP contribution in [0.15, 0.2) is 54.6 Å². The van der Waals surface area contributed by atoms with Gasteiger partial charge in [-0.05, 0) is 41.0 Å². The molecule has 2 N–H and O–H groups in total. The van der Waals surface area contributed by atoms with Crippen LogP contribution in [0.2, 0.25) is 0 Å². The average Bonchev–Trinajstić information content (AvgIpc) is 2.54. The summed E-state index contributed by atoms with van der Waals surface area (Å²) < 4.78 is 0. The Bertz CT molecular complexity index is 540. The van der Waals surface area contributed by atoms with Gasteiger partial charge in [0.05, 0.1) is 0 Å². The summed E-state index contributed by atoms with van der Waals surface area (Å²) in [6.45, 7) is 7.65. The molecule has 0 heterocycles. The van der Waals surface area contributed by atoms with Crippen LogP contribution in [0.4, 0.5) is 0 Å². The maximum absolute atomic E-state index is 6.00. The maximum Gasteiger partial charge on any atom is -0.00406 e. The van der Waals surface area contributed by atoms with E-state index in [1.54, 1.807) is 0 Å². The van der Waals surface area contributed by atoms with E-state index in [1.807, 2.05) is 0 Å². The predicted molar refractivity (Wildman–Crippen MR) is 92.2 cm³/mol. The SMILES string of the molecule is CCC(C)(C)[C@H](CN)Cc1ccc(-c2ccccc2)cc1. The van der Waals surface area contributed by atoms with Crippen LogP contribution in [-0.2, 0) is 6.42 Å². The van der Waals surface area contributed by atoms with Gasteiger partial charge in [-0.3, -0.25) is 0 Å². The van der Waals surface area contributed by atoms with Gasteiger partial charge in [0.15, 0.2) is 0 Å². The molecule has 0 fully saturated rings. The smallest absolute Gasteiger partial charge is 0.00406 e. The van der Waals surface area contributed by atoms with Crippen molar-refractivity contribution in [3.63, 3.8) is 0 Å². The van der Waals surface area contributed by atoms with Gasteiger partial charge in [0.1, 0.15) is 0 Å². The molecule has 0 saturated heterocycles. The number of nitrogens with two attached hydrogens (primary N) is 1. The minimum absolute atomic E-state index is 0.298. The van der Waals surface area contributed by atoms with E-state index in [4.69, 9.17) is 5.73 Å². The molecule has 0 aliphatic rings. The van der Waals surface area contributed by atoms with Crippen LogP contribution < -0.4 is 5.73 Å². The summed E-state index contributed by atoms with van der Waals surface area (Å²) in [5.74, 6) is 0.532. The van der Waals surface area contributed by atoms with Crippen molar-refractivity contribution in [3.8, 4) is 11.1 Å². The molecular formula is C20H27N. The first kappa shape index (κ1) is 15.8. The zero-order valence-electron chi connectivity index (χ0n) is 13.5. The van der Waals surface area contributed by atoms with Gasteiger partial charge >= 0.3 is 0 Å². The van der Waals surface area contributed by atoms with Gasteiger partial charge < -0.3 is 5.73 Å². The third kappa shape index (κ3) is 3.95. The summed E-state index contributed by atoms with van der Waals surface area (Å²) in [6, 6.07) is 19.4. The van der Waals surface area contributed by atoms with Crippen molar-refractivity contribution in [2.24, 2.45) is 17.1 Å².